The molecule has 0 bridgehead atoms. The summed E-state index contributed by atoms with van der Waals surface area (Å²) in [5.74, 6) is 0.911. The summed E-state index contributed by atoms with van der Waals surface area (Å²) in [5, 5.41) is 8.99. The van der Waals surface area contributed by atoms with Crippen LogP contribution >= 0.6 is 11.8 Å². The van der Waals surface area contributed by atoms with Crippen LogP contribution in [0.5, 0.6) is 0 Å². The minimum atomic E-state index is -0.265. The Morgan fingerprint density at radius 2 is 2.17 bits per heavy atom. The number of ether oxygens (including phenoxy) is 2. The minimum Gasteiger partial charge on any atom is -0.468 e. The van der Waals surface area contributed by atoms with Gasteiger partial charge in [0, 0.05) is 20.1 Å². The molecule has 0 aliphatic heterocycles. The second-order valence-electron chi connectivity index (χ2n) is 3.66. The fraction of sp³-hybridized carbons (Fsp3) is 0.727. The number of carbonyl (C=O) groups is 1. The number of thioether (sulfide) groups is 1. The van der Waals surface area contributed by atoms with Crippen LogP contribution in [-0.4, -0.2) is 47.3 Å². The molecule has 7 heteroatoms. The number of esters is 1. The van der Waals surface area contributed by atoms with Gasteiger partial charge in [0.25, 0.3) is 0 Å². The topological polar surface area (TPSA) is 66.2 Å². The van der Waals surface area contributed by atoms with Crippen molar-refractivity contribution in [3.63, 3.8) is 0 Å². The van der Waals surface area contributed by atoms with Crippen molar-refractivity contribution in [2.24, 2.45) is 0 Å². The van der Waals surface area contributed by atoms with E-state index in [1.807, 2.05) is 4.57 Å². The van der Waals surface area contributed by atoms with E-state index in [-0.39, 0.29) is 11.7 Å². The maximum absolute atomic E-state index is 11.1. The van der Waals surface area contributed by atoms with Crippen LogP contribution in [0.15, 0.2) is 5.16 Å². The Morgan fingerprint density at radius 1 is 1.39 bits per heavy atom. The first-order valence-corrected chi connectivity index (χ1v) is 6.82. The molecule has 0 unspecified atom stereocenters. The second-order valence-corrected chi connectivity index (χ2v) is 4.60. The van der Waals surface area contributed by atoms with Gasteiger partial charge in [-0.05, 0) is 6.42 Å². The molecule has 102 valence electrons. The van der Waals surface area contributed by atoms with Crippen LogP contribution in [0.4, 0.5) is 0 Å². The van der Waals surface area contributed by atoms with Crippen molar-refractivity contribution >= 4 is 17.7 Å². The smallest absolute Gasteiger partial charge is 0.316 e. The van der Waals surface area contributed by atoms with Gasteiger partial charge in [0.15, 0.2) is 5.16 Å². The molecular formula is C11H19N3O3S. The summed E-state index contributed by atoms with van der Waals surface area (Å²) in [5.41, 5.74) is 0. The van der Waals surface area contributed by atoms with Crippen molar-refractivity contribution in [3.05, 3.63) is 5.82 Å². The summed E-state index contributed by atoms with van der Waals surface area (Å²) < 4.78 is 11.7. The Bertz CT molecular complexity index is 382. The largest absolute Gasteiger partial charge is 0.468 e. The van der Waals surface area contributed by atoms with Crippen LogP contribution in [0.1, 0.15) is 19.2 Å². The number of rotatable bonds is 8. The molecule has 0 amide bonds. The Balaban J connectivity index is 2.72. The Hall–Kier alpha value is -1.08. The van der Waals surface area contributed by atoms with E-state index >= 15 is 0 Å². The molecule has 18 heavy (non-hydrogen) atoms. The van der Waals surface area contributed by atoms with E-state index in [1.54, 1.807) is 7.11 Å². The van der Waals surface area contributed by atoms with E-state index in [0.29, 0.717) is 13.2 Å². The number of hydrogen-bond acceptors (Lipinski definition) is 6. The molecule has 0 atom stereocenters. The van der Waals surface area contributed by atoms with Gasteiger partial charge in [-0.15, -0.1) is 10.2 Å². The Kier molecular flexibility index (Phi) is 6.74. The van der Waals surface area contributed by atoms with Crippen molar-refractivity contribution in [1.29, 1.82) is 0 Å². The highest BCUT2D eigenvalue weighted by molar-refractivity contribution is 7.99. The number of hydrogen-bond donors (Lipinski definition) is 0. The van der Waals surface area contributed by atoms with E-state index in [1.165, 1.54) is 18.9 Å². The van der Waals surface area contributed by atoms with E-state index < -0.39 is 0 Å². The summed E-state index contributed by atoms with van der Waals surface area (Å²) in [7, 11) is 3.03. The molecule has 0 N–H and O–H groups in total. The predicted octanol–water partition coefficient (Wildman–Crippen LogP) is 1.14. The molecule has 1 aromatic heterocycles. The highest BCUT2D eigenvalue weighted by Crippen LogP contribution is 2.17. The number of carbonyl (C=O) groups excluding carboxylic acids is 1. The van der Waals surface area contributed by atoms with Crippen LogP contribution in [0.3, 0.4) is 0 Å². The zero-order valence-electron chi connectivity index (χ0n) is 11.0. The molecule has 1 rings (SSSR count). The fourth-order valence-corrected chi connectivity index (χ4v) is 2.24. The summed E-state index contributed by atoms with van der Waals surface area (Å²) in [6, 6.07) is 0. The van der Waals surface area contributed by atoms with E-state index in [0.717, 1.165) is 23.8 Å². The molecule has 0 aromatic carbocycles. The Labute approximate surface area is 111 Å². The summed E-state index contributed by atoms with van der Waals surface area (Å²) >= 11 is 1.34. The molecule has 1 heterocycles. The third kappa shape index (κ3) is 4.30. The molecule has 1 aromatic rings. The van der Waals surface area contributed by atoms with Gasteiger partial charge in [-0.3, -0.25) is 4.79 Å². The first-order valence-electron chi connectivity index (χ1n) is 5.83. The molecule has 0 saturated carbocycles. The lowest BCUT2D eigenvalue weighted by Crippen LogP contribution is -2.11. The van der Waals surface area contributed by atoms with E-state index in [9.17, 15) is 4.79 Å². The van der Waals surface area contributed by atoms with E-state index in [4.69, 9.17) is 4.74 Å². The lowest BCUT2D eigenvalue weighted by Gasteiger charge is -2.08. The molecule has 6 nitrogen and oxygen atoms in total. The zero-order valence-corrected chi connectivity index (χ0v) is 11.8. The maximum atomic E-state index is 11.1. The van der Waals surface area contributed by atoms with Crippen molar-refractivity contribution < 1.29 is 14.3 Å². The Morgan fingerprint density at radius 3 is 2.78 bits per heavy atom. The van der Waals surface area contributed by atoms with Crippen molar-refractivity contribution in [3.8, 4) is 0 Å². The van der Waals surface area contributed by atoms with Gasteiger partial charge < -0.3 is 14.0 Å². The molecule has 0 saturated heterocycles. The molecule has 0 aliphatic rings. The van der Waals surface area contributed by atoms with Crippen LogP contribution in [0.2, 0.25) is 0 Å². The normalized spacial score (nSPS) is 10.6. The molecular weight excluding hydrogens is 254 g/mol. The predicted molar refractivity (Wildman–Crippen MR) is 68.6 cm³/mol. The summed E-state index contributed by atoms with van der Waals surface area (Å²) in [6.07, 6.45) is 1.88. The second kappa shape index (κ2) is 8.10. The molecule has 0 fully saturated rings. The van der Waals surface area contributed by atoms with Crippen LogP contribution in [0.25, 0.3) is 0 Å². The average molecular weight is 273 g/mol. The highest BCUT2D eigenvalue weighted by atomic mass is 32.2. The maximum Gasteiger partial charge on any atom is 0.316 e. The summed E-state index contributed by atoms with van der Waals surface area (Å²) in [4.78, 5) is 11.1. The van der Waals surface area contributed by atoms with Gasteiger partial charge in [-0.1, -0.05) is 18.7 Å². The van der Waals surface area contributed by atoms with Gasteiger partial charge in [0.1, 0.15) is 5.82 Å². The highest BCUT2D eigenvalue weighted by Gasteiger charge is 2.13. The number of aryl methyl sites for hydroxylation is 1. The van der Waals surface area contributed by atoms with Gasteiger partial charge in [-0.25, -0.2) is 0 Å². The van der Waals surface area contributed by atoms with Gasteiger partial charge in [0.2, 0.25) is 0 Å². The lowest BCUT2D eigenvalue weighted by molar-refractivity contribution is -0.137. The lowest BCUT2D eigenvalue weighted by atomic mass is 10.3. The SMILES string of the molecule is CCCc1nnc(SCC(=O)OC)n1CCOC. The van der Waals surface area contributed by atoms with E-state index in [2.05, 4.69) is 21.9 Å². The third-order valence-corrected chi connectivity index (χ3v) is 3.27. The van der Waals surface area contributed by atoms with Gasteiger partial charge >= 0.3 is 5.97 Å². The van der Waals surface area contributed by atoms with Crippen LogP contribution in [0, 0.1) is 0 Å². The number of nitrogens with zero attached hydrogens (tertiary/aromatic N) is 3. The number of methoxy groups -OCH3 is 2. The van der Waals surface area contributed by atoms with Crippen molar-refractivity contribution in [1.82, 2.24) is 14.8 Å². The fourth-order valence-electron chi connectivity index (χ4n) is 1.42. The summed E-state index contributed by atoms with van der Waals surface area (Å²) in [6.45, 7) is 3.39. The van der Waals surface area contributed by atoms with Gasteiger partial charge in [-0.2, -0.15) is 0 Å². The molecule has 0 aliphatic carbocycles. The average Bonchev–Trinajstić information content (AvgIpc) is 2.76. The van der Waals surface area contributed by atoms with Crippen molar-refractivity contribution in [2.45, 2.75) is 31.5 Å². The van der Waals surface area contributed by atoms with Crippen molar-refractivity contribution in [2.75, 3.05) is 26.6 Å². The third-order valence-electron chi connectivity index (χ3n) is 2.33. The van der Waals surface area contributed by atoms with Crippen LogP contribution in [-0.2, 0) is 27.2 Å². The molecule has 0 radical (unpaired) electrons. The first kappa shape index (κ1) is 15.0. The monoisotopic (exact) mass is 273 g/mol. The minimum absolute atomic E-state index is 0.244. The zero-order chi connectivity index (χ0) is 13.4. The number of aromatic nitrogens is 3. The van der Waals surface area contributed by atoms with Crippen LogP contribution < -0.4 is 0 Å². The standard InChI is InChI=1S/C11H19N3O3S/c1-4-5-9-12-13-11(14(9)6-7-16-2)18-8-10(15)17-3/h4-8H2,1-3H3. The quantitative estimate of drug-likeness (QED) is 0.523. The van der Waals surface area contributed by atoms with Gasteiger partial charge in [0.05, 0.1) is 19.5 Å². The molecule has 0 spiro atoms. The first-order chi connectivity index (χ1) is 8.72.